The number of carbonyl (C=O) groups is 1. The van der Waals surface area contributed by atoms with Crippen molar-refractivity contribution in [2.75, 3.05) is 0 Å². The maximum Gasteiger partial charge on any atom is 0.250 e. The van der Waals surface area contributed by atoms with Crippen molar-refractivity contribution >= 4 is 52.9 Å². The van der Waals surface area contributed by atoms with Crippen molar-refractivity contribution in [2.45, 2.75) is 0 Å². The van der Waals surface area contributed by atoms with Gasteiger partial charge in [-0.3, -0.25) is 4.79 Å². The van der Waals surface area contributed by atoms with Gasteiger partial charge in [-0.2, -0.15) is 0 Å². The molecule has 3 rings (SSSR count). The monoisotopic (exact) mass is 269 g/mol. The van der Waals surface area contributed by atoms with Crippen molar-refractivity contribution in [2.24, 2.45) is 16.0 Å². The third-order valence-electron chi connectivity index (χ3n) is 2.52. The second kappa shape index (κ2) is 4.69. The Morgan fingerprint density at radius 3 is 2.53 bits per heavy atom. The van der Waals surface area contributed by atoms with Crippen LogP contribution in [-0.4, -0.2) is 5.91 Å². The molecule has 0 aromatic heterocycles. The van der Waals surface area contributed by atoms with Crippen molar-refractivity contribution in [1.29, 1.82) is 0 Å². The van der Waals surface area contributed by atoms with E-state index in [9.17, 15) is 4.79 Å². The van der Waals surface area contributed by atoms with E-state index in [4.69, 9.17) is 5.73 Å². The van der Waals surface area contributed by atoms with Gasteiger partial charge in [0.1, 0.15) is 5.69 Å². The molecule has 0 fully saturated rings. The Hall–Kier alpha value is -1.65. The fraction of sp³-hybridized carbons (Fsp3) is 0. The molecule has 0 aliphatic carbocycles. The number of amides is 1. The summed E-state index contributed by atoms with van der Waals surface area (Å²) in [6.07, 6.45) is 0. The van der Waals surface area contributed by atoms with Gasteiger partial charge in [-0.15, -0.1) is 35.0 Å². The predicted octanol–water partition coefficient (Wildman–Crippen LogP) is 3.51. The number of nitrogens with zero attached hydrogens (tertiary/aromatic N) is 2. The fourth-order valence-corrected chi connectivity index (χ4v) is 1.83. The molecule has 0 saturated heterocycles. The zero-order chi connectivity index (χ0) is 10.4. The number of halogens is 2. The summed E-state index contributed by atoms with van der Waals surface area (Å²) in [5.41, 5.74) is 7.08. The standard InChI is InChI=1S/C11H7N3O.2ClH/c12-11(15)7-5-4-6-2-1-3-8-9(6)10(7)14-13-8;;/h1-5H,(H2,12,15);2*1H. The summed E-state index contributed by atoms with van der Waals surface area (Å²) >= 11 is 0. The number of hydrogen-bond acceptors (Lipinski definition) is 3. The molecule has 1 aliphatic rings. The van der Waals surface area contributed by atoms with Crippen LogP contribution in [0.15, 0.2) is 40.6 Å². The maximum atomic E-state index is 11.2. The number of benzene rings is 2. The van der Waals surface area contributed by atoms with Crippen LogP contribution in [-0.2, 0) is 0 Å². The van der Waals surface area contributed by atoms with Crippen molar-refractivity contribution in [3.8, 4) is 0 Å². The summed E-state index contributed by atoms with van der Waals surface area (Å²) in [5.74, 6) is -0.470. The predicted molar refractivity (Wildman–Crippen MR) is 71.1 cm³/mol. The highest BCUT2D eigenvalue weighted by molar-refractivity contribution is 6.11. The van der Waals surface area contributed by atoms with Crippen LogP contribution in [0, 0.1) is 0 Å². The maximum absolute atomic E-state index is 11.2. The van der Waals surface area contributed by atoms with Crippen LogP contribution >= 0.6 is 24.8 Å². The lowest BCUT2D eigenvalue weighted by Gasteiger charge is -2.02. The van der Waals surface area contributed by atoms with Gasteiger partial charge in [0, 0.05) is 5.39 Å². The van der Waals surface area contributed by atoms with Crippen LogP contribution in [0.25, 0.3) is 10.8 Å². The fourth-order valence-electron chi connectivity index (χ4n) is 1.83. The molecule has 2 aromatic carbocycles. The van der Waals surface area contributed by atoms with E-state index < -0.39 is 5.91 Å². The molecule has 1 heterocycles. The zero-order valence-corrected chi connectivity index (χ0v) is 10.2. The lowest BCUT2D eigenvalue weighted by atomic mass is 10.0. The van der Waals surface area contributed by atoms with Crippen LogP contribution in [0.1, 0.15) is 10.4 Å². The molecule has 2 aromatic rings. The highest BCUT2D eigenvalue weighted by Crippen LogP contribution is 2.42. The largest absolute Gasteiger partial charge is 0.366 e. The summed E-state index contributed by atoms with van der Waals surface area (Å²) < 4.78 is 0. The highest BCUT2D eigenvalue weighted by Gasteiger charge is 2.17. The van der Waals surface area contributed by atoms with E-state index in [0.29, 0.717) is 11.3 Å². The number of rotatable bonds is 1. The van der Waals surface area contributed by atoms with Crippen molar-refractivity contribution in [1.82, 2.24) is 0 Å². The number of azo groups is 1. The normalized spacial score (nSPS) is 10.8. The molecule has 0 saturated carbocycles. The van der Waals surface area contributed by atoms with Crippen LogP contribution in [0.4, 0.5) is 11.4 Å². The van der Waals surface area contributed by atoms with Crippen molar-refractivity contribution in [3.63, 3.8) is 0 Å². The number of carbonyl (C=O) groups excluding carboxylic acids is 1. The van der Waals surface area contributed by atoms with Crippen molar-refractivity contribution in [3.05, 3.63) is 35.9 Å². The van der Waals surface area contributed by atoms with E-state index in [0.717, 1.165) is 16.5 Å². The number of primary amides is 1. The molecule has 4 nitrogen and oxygen atoms in total. The minimum atomic E-state index is -0.470. The third-order valence-corrected chi connectivity index (χ3v) is 2.52. The Kier molecular flexibility index (Phi) is 3.70. The molecular weight excluding hydrogens is 261 g/mol. The van der Waals surface area contributed by atoms with E-state index in [1.165, 1.54) is 0 Å². The molecular formula is C11H9Cl2N3O. The molecule has 88 valence electrons. The molecule has 1 aliphatic heterocycles. The Bertz CT molecular complexity index is 625. The first-order valence-electron chi connectivity index (χ1n) is 4.54. The second-order valence-electron chi connectivity index (χ2n) is 3.40. The topological polar surface area (TPSA) is 67.8 Å². The van der Waals surface area contributed by atoms with Crippen LogP contribution in [0.5, 0.6) is 0 Å². The zero-order valence-electron chi connectivity index (χ0n) is 8.58. The average molecular weight is 270 g/mol. The summed E-state index contributed by atoms with van der Waals surface area (Å²) in [6.45, 7) is 0. The lowest BCUT2D eigenvalue weighted by Crippen LogP contribution is -2.10. The molecule has 0 bridgehead atoms. The van der Waals surface area contributed by atoms with Gasteiger partial charge in [0.15, 0.2) is 0 Å². The molecule has 0 spiro atoms. The van der Waals surface area contributed by atoms with Crippen LogP contribution in [0.2, 0.25) is 0 Å². The van der Waals surface area contributed by atoms with E-state index >= 15 is 0 Å². The lowest BCUT2D eigenvalue weighted by molar-refractivity contribution is 0.100. The number of hydrogen-bond donors (Lipinski definition) is 1. The van der Waals surface area contributed by atoms with Gasteiger partial charge in [0.25, 0.3) is 5.91 Å². The van der Waals surface area contributed by atoms with Crippen LogP contribution < -0.4 is 5.73 Å². The third kappa shape index (κ3) is 1.85. The molecule has 1 amide bonds. The molecule has 17 heavy (non-hydrogen) atoms. The minimum Gasteiger partial charge on any atom is -0.366 e. The van der Waals surface area contributed by atoms with Gasteiger partial charge in [-0.25, -0.2) is 0 Å². The Morgan fingerprint density at radius 2 is 1.82 bits per heavy atom. The molecule has 0 unspecified atom stereocenters. The van der Waals surface area contributed by atoms with E-state index in [1.807, 2.05) is 24.3 Å². The summed E-state index contributed by atoms with van der Waals surface area (Å²) in [6, 6.07) is 9.29. The van der Waals surface area contributed by atoms with Gasteiger partial charge in [-0.1, -0.05) is 18.2 Å². The second-order valence-corrected chi connectivity index (χ2v) is 3.40. The van der Waals surface area contributed by atoms with Gasteiger partial charge < -0.3 is 5.73 Å². The number of nitrogens with two attached hydrogens (primary N) is 1. The first-order chi connectivity index (χ1) is 7.27. The van der Waals surface area contributed by atoms with Crippen molar-refractivity contribution < 1.29 is 4.79 Å². The Balaban J connectivity index is 0.000000722. The van der Waals surface area contributed by atoms with Crippen LogP contribution in [0.3, 0.4) is 0 Å². The van der Waals surface area contributed by atoms with Gasteiger partial charge >= 0.3 is 0 Å². The summed E-state index contributed by atoms with van der Waals surface area (Å²) in [4.78, 5) is 11.2. The summed E-state index contributed by atoms with van der Waals surface area (Å²) in [7, 11) is 0. The summed E-state index contributed by atoms with van der Waals surface area (Å²) in [5, 5.41) is 9.93. The highest BCUT2D eigenvalue weighted by atomic mass is 35.5. The van der Waals surface area contributed by atoms with Gasteiger partial charge in [0.05, 0.1) is 11.3 Å². The molecule has 2 N–H and O–H groups in total. The quantitative estimate of drug-likeness (QED) is 0.722. The minimum absolute atomic E-state index is 0. The smallest absolute Gasteiger partial charge is 0.250 e. The average Bonchev–Trinajstić information content (AvgIpc) is 2.65. The Labute approximate surface area is 110 Å². The first kappa shape index (κ1) is 13.4. The van der Waals surface area contributed by atoms with E-state index in [2.05, 4.69) is 10.2 Å². The van der Waals surface area contributed by atoms with Gasteiger partial charge in [-0.05, 0) is 17.5 Å². The van der Waals surface area contributed by atoms with E-state index in [1.54, 1.807) is 6.07 Å². The first-order valence-corrected chi connectivity index (χ1v) is 4.54. The molecule has 6 heteroatoms. The van der Waals surface area contributed by atoms with E-state index in [-0.39, 0.29) is 24.8 Å². The Morgan fingerprint density at radius 1 is 1.06 bits per heavy atom. The molecule has 0 atom stereocenters. The van der Waals surface area contributed by atoms with Gasteiger partial charge in [0.2, 0.25) is 0 Å². The molecule has 0 radical (unpaired) electrons. The SMILES string of the molecule is Cl.Cl.NC(=O)c1ccc2cccc3c2c1N=N3.